The van der Waals surface area contributed by atoms with E-state index < -0.39 is 11.5 Å². The number of aromatic hydroxyl groups is 3. The molecule has 1 heterocycles. The Hall–Kier alpha value is -3.02. The lowest BCUT2D eigenvalue weighted by atomic mass is 9.97. The van der Waals surface area contributed by atoms with E-state index in [9.17, 15) is 24.9 Å². The number of rotatable bonds is 5. The molecule has 1 aromatic heterocycles. The van der Waals surface area contributed by atoms with Crippen LogP contribution < -0.4 is 5.63 Å². The van der Waals surface area contributed by atoms with Gasteiger partial charge in [0.25, 0.3) is 0 Å². The number of carbonyl (C=O) groups excluding carboxylic acids is 1. The zero-order valence-electron chi connectivity index (χ0n) is 13.3. The highest BCUT2D eigenvalue weighted by Gasteiger charge is 2.18. The first-order valence-electron chi connectivity index (χ1n) is 7.34. The fourth-order valence-corrected chi connectivity index (χ4v) is 2.40. The van der Waals surface area contributed by atoms with Crippen molar-refractivity contribution in [2.24, 2.45) is 0 Å². The summed E-state index contributed by atoms with van der Waals surface area (Å²) in [6, 6.07) is 5.53. The van der Waals surface area contributed by atoms with Crippen molar-refractivity contribution in [3.05, 3.63) is 51.6 Å². The number of phenolic OH excluding ortho intramolecular Hbond substituents is 2. The number of ketones is 1. The third-order valence-corrected chi connectivity index (χ3v) is 3.51. The van der Waals surface area contributed by atoms with Gasteiger partial charge in [-0.25, -0.2) is 4.79 Å². The predicted molar refractivity (Wildman–Crippen MR) is 89.1 cm³/mol. The molecule has 0 saturated carbocycles. The Balaban J connectivity index is 2.29. The van der Waals surface area contributed by atoms with Crippen molar-refractivity contribution in [1.82, 2.24) is 0 Å². The van der Waals surface area contributed by atoms with E-state index in [0.29, 0.717) is 5.56 Å². The second-order valence-electron chi connectivity index (χ2n) is 5.62. The number of hydrogen-bond donors (Lipinski definition) is 3. The van der Waals surface area contributed by atoms with Crippen LogP contribution in [0.4, 0.5) is 0 Å². The Kier molecular flexibility index (Phi) is 5.08. The zero-order valence-corrected chi connectivity index (χ0v) is 13.3. The Morgan fingerprint density at radius 2 is 1.83 bits per heavy atom. The molecule has 2 aromatic rings. The molecule has 1 aromatic carbocycles. The molecule has 3 N–H and O–H groups in total. The first kappa shape index (κ1) is 17.3. The number of carbonyl (C=O) groups is 1. The molecule has 0 aliphatic carbocycles. The van der Waals surface area contributed by atoms with Gasteiger partial charge in [0.05, 0.1) is 5.56 Å². The number of hydrogen-bond acceptors (Lipinski definition) is 6. The molecule has 0 bridgehead atoms. The Morgan fingerprint density at radius 1 is 1.12 bits per heavy atom. The third-order valence-electron chi connectivity index (χ3n) is 3.51. The number of Topliss-reactive ketones (excluding diaryl/α,β-unsaturated/α-hetero) is 1. The fourth-order valence-electron chi connectivity index (χ4n) is 2.40. The van der Waals surface area contributed by atoms with Crippen LogP contribution in [0.3, 0.4) is 0 Å². The Morgan fingerprint density at radius 3 is 2.42 bits per heavy atom. The smallest absolute Gasteiger partial charge is 0.343 e. The van der Waals surface area contributed by atoms with Gasteiger partial charge in [0, 0.05) is 12.5 Å². The van der Waals surface area contributed by atoms with Gasteiger partial charge in [-0.3, -0.25) is 0 Å². The lowest BCUT2D eigenvalue weighted by Crippen LogP contribution is -2.13. The van der Waals surface area contributed by atoms with Crippen LogP contribution in [0, 0.1) is 0 Å². The quantitative estimate of drug-likeness (QED) is 0.727. The van der Waals surface area contributed by atoms with Crippen LogP contribution in [0.5, 0.6) is 17.2 Å². The monoisotopic (exact) mass is 330 g/mol. The van der Waals surface area contributed by atoms with E-state index in [4.69, 9.17) is 4.42 Å². The molecule has 6 nitrogen and oxygen atoms in total. The summed E-state index contributed by atoms with van der Waals surface area (Å²) in [4.78, 5) is 23.2. The largest absolute Gasteiger partial charge is 0.507 e. The van der Waals surface area contributed by atoms with Crippen LogP contribution in [-0.4, -0.2) is 21.1 Å². The summed E-state index contributed by atoms with van der Waals surface area (Å²) in [5.74, 6) is -1.13. The van der Waals surface area contributed by atoms with Crippen LogP contribution in [0.2, 0.25) is 0 Å². The van der Waals surface area contributed by atoms with Crippen LogP contribution in [0.15, 0.2) is 33.5 Å². The van der Waals surface area contributed by atoms with Crippen molar-refractivity contribution in [2.75, 3.05) is 0 Å². The first-order valence-corrected chi connectivity index (χ1v) is 7.34. The minimum atomic E-state index is -0.697. The van der Waals surface area contributed by atoms with Crippen molar-refractivity contribution < 1.29 is 24.5 Å². The maximum atomic E-state index is 12.0. The van der Waals surface area contributed by atoms with Crippen LogP contribution in [0.25, 0.3) is 12.2 Å². The summed E-state index contributed by atoms with van der Waals surface area (Å²) in [6.07, 6.45) is 3.14. The standard InChI is InChI=1S/C18H18O6/c1-10(7-11(2)19)17-16(22)9-13(24-18(17)23)5-3-12-4-6-14(20)15(21)8-12/h3-6,8-10,20-22H,7H2,1-2H3. The van der Waals surface area contributed by atoms with Gasteiger partial charge in [0.2, 0.25) is 0 Å². The van der Waals surface area contributed by atoms with Gasteiger partial charge in [-0.1, -0.05) is 19.1 Å². The molecule has 1 unspecified atom stereocenters. The van der Waals surface area contributed by atoms with Crippen LogP contribution in [0.1, 0.15) is 43.1 Å². The molecule has 0 amide bonds. The minimum absolute atomic E-state index is 0.0737. The van der Waals surface area contributed by atoms with Crippen molar-refractivity contribution >= 4 is 17.9 Å². The summed E-state index contributed by atoms with van der Waals surface area (Å²) in [5, 5.41) is 28.7. The van der Waals surface area contributed by atoms with Gasteiger partial charge >= 0.3 is 5.63 Å². The molecule has 24 heavy (non-hydrogen) atoms. The molecule has 0 fully saturated rings. The molecular weight excluding hydrogens is 312 g/mol. The summed E-state index contributed by atoms with van der Waals surface area (Å²) < 4.78 is 5.14. The molecular formula is C18H18O6. The average molecular weight is 330 g/mol. The predicted octanol–water partition coefficient (Wildman–Crippen LogP) is 3.01. The van der Waals surface area contributed by atoms with E-state index in [2.05, 4.69) is 0 Å². The molecule has 0 aliphatic heterocycles. The second kappa shape index (κ2) is 7.04. The van der Waals surface area contributed by atoms with Crippen molar-refractivity contribution in [2.45, 2.75) is 26.2 Å². The molecule has 6 heteroatoms. The normalized spacial score (nSPS) is 12.4. The number of benzene rings is 1. The fraction of sp³-hybridized carbons (Fsp3) is 0.222. The zero-order chi connectivity index (χ0) is 17.9. The van der Waals surface area contributed by atoms with E-state index in [0.717, 1.165) is 0 Å². The third kappa shape index (κ3) is 4.04. The highest BCUT2D eigenvalue weighted by molar-refractivity contribution is 5.76. The first-order chi connectivity index (χ1) is 11.3. The van der Waals surface area contributed by atoms with Crippen LogP contribution in [-0.2, 0) is 4.79 Å². The molecule has 2 rings (SSSR count). The van der Waals surface area contributed by atoms with Gasteiger partial charge < -0.3 is 24.5 Å². The molecule has 0 radical (unpaired) electrons. The van der Waals surface area contributed by atoms with Crippen molar-refractivity contribution in [1.29, 1.82) is 0 Å². The SMILES string of the molecule is CC(=O)CC(C)c1c(O)cc(C=Cc2ccc(O)c(O)c2)oc1=O. The van der Waals surface area contributed by atoms with E-state index in [-0.39, 0.29) is 40.8 Å². The molecule has 0 saturated heterocycles. The van der Waals surface area contributed by atoms with Gasteiger partial charge in [-0.15, -0.1) is 0 Å². The van der Waals surface area contributed by atoms with Crippen molar-refractivity contribution in [3.63, 3.8) is 0 Å². The number of phenols is 2. The minimum Gasteiger partial charge on any atom is -0.507 e. The molecule has 0 spiro atoms. The summed E-state index contributed by atoms with van der Waals surface area (Å²) in [7, 11) is 0. The van der Waals surface area contributed by atoms with Gasteiger partial charge in [0.15, 0.2) is 11.5 Å². The van der Waals surface area contributed by atoms with E-state index in [1.165, 1.54) is 31.2 Å². The van der Waals surface area contributed by atoms with Crippen molar-refractivity contribution in [3.8, 4) is 17.2 Å². The lowest BCUT2D eigenvalue weighted by Gasteiger charge is -2.10. The van der Waals surface area contributed by atoms with Gasteiger partial charge in [-0.05, 0) is 36.6 Å². The lowest BCUT2D eigenvalue weighted by molar-refractivity contribution is -0.117. The topological polar surface area (TPSA) is 108 Å². The Bertz CT molecular complexity index is 847. The Labute approximate surface area is 138 Å². The van der Waals surface area contributed by atoms with Gasteiger partial charge in [0.1, 0.15) is 17.3 Å². The summed E-state index contributed by atoms with van der Waals surface area (Å²) in [5.41, 5.74) is -0.0527. The van der Waals surface area contributed by atoms with E-state index in [1.54, 1.807) is 19.1 Å². The maximum Gasteiger partial charge on any atom is 0.343 e. The molecule has 126 valence electrons. The van der Waals surface area contributed by atoms with Crippen LogP contribution >= 0.6 is 0 Å². The highest BCUT2D eigenvalue weighted by atomic mass is 16.4. The van der Waals surface area contributed by atoms with Gasteiger partial charge in [-0.2, -0.15) is 0 Å². The summed E-state index contributed by atoms with van der Waals surface area (Å²) in [6.45, 7) is 3.08. The second-order valence-corrected chi connectivity index (χ2v) is 5.62. The van der Waals surface area contributed by atoms with E-state index in [1.807, 2.05) is 0 Å². The molecule has 1 atom stereocenters. The average Bonchev–Trinajstić information content (AvgIpc) is 2.47. The summed E-state index contributed by atoms with van der Waals surface area (Å²) >= 11 is 0. The van der Waals surface area contributed by atoms with E-state index >= 15 is 0 Å². The maximum absolute atomic E-state index is 12.0. The highest BCUT2D eigenvalue weighted by Crippen LogP contribution is 2.28. The molecule has 0 aliphatic rings.